The van der Waals surface area contributed by atoms with E-state index in [4.69, 9.17) is 0 Å². The number of piperazine rings is 1. The lowest BCUT2D eigenvalue weighted by Crippen LogP contribution is -2.49. The highest BCUT2D eigenvalue weighted by Crippen LogP contribution is 2.35. The Morgan fingerprint density at radius 1 is 0.704 bits per heavy atom. The monoisotopic (exact) mass is 388 g/mol. The fourth-order valence-corrected chi connectivity index (χ4v) is 2.97. The minimum Gasteiger partial charge on any atom is -0.346 e. The van der Waals surface area contributed by atoms with Gasteiger partial charge < -0.3 is 5.32 Å². The molecule has 1 aliphatic heterocycles. The summed E-state index contributed by atoms with van der Waals surface area (Å²) in [6.45, 7) is -0.0528. The first kappa shape index (κ1) is 19.2. The van der Waals surface area contributed by atoms with E-state index in [9.17, 15) is 31.1 Å². The Bertz CT molecular complexity index is 812. The van der Waals surface area contributed by atoms with Crippen molar-refractivity contribution in [3.63, 3.8) is 0 Å². The van der Waals surface area contributed by atoms with Crippen LogP contribution in [-0.2, 0) is 17.1 Å². The average Bonchev–Trinajstić information content (AvgIpc) is 2.60. The highest BCUT2D eigenvalue weighted by molar-refractivity contribution is 5.79. The molecule has 3 rings (SSSR count). The van der Waals surface area contributed by atoms with E-state index in [1.807, 2.05) is 0 Å². The van der Waals surface area contributed by atoms with Crippen molar-refractivity contribution in [2.75, 3.05) is 6.54 Å². The molecule has 1 heterocycles. The summed E-state index contributed by atoms with van der Waals surface area (Å²) in [5, 5.41) is 5.60. The van der Waals surface area contributed by atoms with Crippen LogP contribution >= 0.6 is 0 Å². The van der Waals surface area contributed by atoms with Crippen molar-refractivity contribution >= 4 is 5.91 Å². The quantitative estimate of drug-likeness (QED) is 0.757. The van der Waals surface area contributed by atoms with E-state index in [0.29, 0.717) is 11.1 Å². The third kappa shape index (κ3) is 4.24. The molecular formula is C18H14F6N2O. The molecule has 0 spiro atoms. The molecule has 0 radical (unpaired) electrons. The summed E-state index contributed by atoms with van der Waals surface area (Å²) in [6.07, 6.45) is -8.96. The number of hydrogen-bond acceptors (Lipinski definition) is 2. The van der Waals surface area contributed by atoms with Gasteiger partial charge in [-0.2, -0.15) is 26.3 Å². The van der Waals surface area contributed by atoms with Gasteiger partial charge in [-0.1, -0.05) is 24.3 Å². The van der Waals surface area contributed by atoms with E-state index in [1.54, 1.807) is 0 Å². The van der Waals surface area contributed by atoms with Crippen LogP contribution in [0.4, 0.5) is 26.3 Å². The smallest absolute Gasteiger partial charge is 0.346 e. The summed E-state index contributed by atoms with van der Waals surface area (Å²) in [5.74, 6) is -0.358. The van der Waals surface area contributed by atoms with Gasteiger partial charge in [-0.3, -0.25) is 10.1 Å². The second kappa shape index (κ2) is 6.88. The van der Waals surface area contributed by atoms with Crippen LogP contribution in [0.25, 0.3) is 0 Å². The van der Waals surface area contributed by atoms with Crippen molar-refractivity contribution in [1.29, 1.82) is 0 Å². The fourth-order valence-electron chi connectivity index (χ4n) is 2.97. The molecular weight excluding hydrogens is 374 g/mol. The summed E-state index contributed by atoms with van der Waals surface area (Å²) in [7, 11) is 0. The minimum absolute atomic E-state index is 0.0528. The van der Waals surface area contributed by atoms with Crippen molar-refractivity contribution in [1.82, 2.24) is 10.6 Å². The maximum absolute atomic E-state index is 12.7. The van der Waals surface area contributed by atoms with E-state index in [0.717, 1.165) is 24.3 Å². The maximum atomic E-state index is 12.7. The molecule has 1 fully saturated rings. The van der Waals surface area contributed by atoms with Gasteiger partial charge in [0.2, 0.25) is 5.91 Å². The van der Waals surface area contributed by atoms with Crippen LogP contribution in [0.15, 0.2) is 48.5 Å². The molecule has 2 N–H and O–H groups in total. The molecule has 27 heavy (non-hydrogen) atoms. The van der Waals surface area contributed by atoms with Gasteiger partial charge in [-0.05, 0) is 35.4 Å². The Kier molecular flexibility index (Phi) is 4.90. The number of halogens is 6. The van der Waals surface area contributed by atoms with Gasteiger partial charge in [0.05, 0.1) is 29.8 Å². The fraction of sp³-hybridized carbons (Fsp3) is 0.278. The molecule has 0 saturated carbocycles. The lowest BCUT2D eigenvalue weighted by molar-refractivity contribution is -0.138. The van der Waals surface area contributed by atoms with Gasteiger partial charge in [0.1, 0.15) is 0 Å². The van der Waals surface area contributed by atoms with Gasteiger partial charge in [0.25, 0.3) is 0 Å². The number of nitrogens with one attached hydrogen (secondary N) is 2. The zero-order chi connectivity index (χ0) is 19.8. The summed E-state index contributed by atoms with van der Waals surface area (Å²) in [6, 6.07) is 7.43. The number of amides is 1. The van der Waals surface area contributed by atoms with Gasteiger partial charge in [0.15, 0.2) is 0 Å². The molecule has 0 bridgehead atoms. The molecule has 2 unspecified atom stereocenters. The van der Waals surface area contributed by atoms with E-state index < -0.39 is 35.6 Å². The first-order valence-electron chi connectivity index (χ1n) is 7.93. The molecule has 1 aliphatic rings. The van der Waals surface area contributed by atoms with Crippen molar-refractivity contribution < 1.29 is 31.1 Å². The summed E-state index contributed by atoms with van der Waals surface area (Å²) < 4.78 is 76.3. The van der Waals surface area contributed by atoms with Gasteiger partial charge in [0, 0.05) is 0 Å². The SMILES string of the molecule is O=C1CNC(c2ccc(C(F)(F)F)cc2)C(c2ccc(C(F)(F)F)cc2)N1. The highest BCUT2D eigenvalue weighted by atomic mass is 19.4. The molecule has 0 aliphatic carbocycles. The molecule has 1 amide bonds. The van der Waals surface area contributed by atoms with E-state index in [2.05, 4.69) is 10.6 Å². The number of rotatable bonds is 2. The van der Waals surface area contributed by atoms with Crippen LogP contribution in [-0.4, -0.2) is 12.5 Å². The number of carbonyl (C=O) groups is 1. The Morgan fingerprint density at radius 3 is 1.52 bits per heavy atom. The number of carbonyl (C=O) groups excluding carboxylic acids is 1. The van der Waals surface area contributed by atoms with Crippen LogP contribution in [0.2, 0.25) is 0 Å². The number of hydrogen-bond donors (Lipinski definition) is 2. The van der Waals surface area contributed by atoms with Crippen LogP contribution in [0.1, 0.15) is 34.3 Å². The van der Waals surface area contributed by atoms with Gasteiger partial charge in [-0.15, -0.1) is 0 Å². The number of alkyl halides is 6. The van der Waals surface area contributed by atoms with Crippen molar-refractivity contribution in [3.8, 4) is 0 Å². The molecule has 3 nitrogen and oxygen atoms in total. The van der Waals surface area contributed by atoms with Crippen molar-refractivity contribution in [2.45, 2.75) is 24.4 Å². The van der Waals surface area contributed by atoms with E-state index in [-0.39, 0.29) is 12.5 Å². The first-order chi connectivity index (χ1) is 12.6. The van der Waals surface area contributed by atoms with Crippen molar-refractivity contribution in [2.24, 2.45) is 0 Å². The Labute approximate surface area is 150 Å². The lowest BCUT2D eigenvalue weighted by Gasteiger charge is -2.34. The lowest BCUT2D eigenvalue weighted by atomic mass is 9.90. The molecule has 0 aromatic heterocycles. The molecule has 1 saturated heterocycles. The van der Waals surface area contributed by atoms with Crippen LogP contribution < -0.4 is 10.6 Å². The summed E-state index contributed by atoms with van der Waals surface area (Å²) >= 11 is 0. The van der Waals surface area contributed by atoms with Crippen LogP contribution in [0, 0.1) is 0 Å². The molecule has 2 atom stereocenters. The van der Waals surface area contributed by atoms with E-state index >= 15 is 0 Å². The van der Waals surface area contributed by atoms with Gasteiger partial charge in [-0.25, -0.2) is 0 Å². The molecule has 144 valence electrons. The third-order valence-corrected chi connectivity index (χ3v) is 4.33. The maximum Gasteiger partial charge on any atom is 0.416 e. The average molecular weight is 388 g/mol. The van der Waals surface area contributed by atoms with Crippen LogP contribution in [0.5, 0.6) is 0 Å². The standard InChI is InChI=1S/C18H14F6N2O/c19-17(20,21)12-5-1-10(2-6-12)15-16(26-14(27)9-25-15)11-3-7-13(8-4-11)18(22,23)24/h1-8,15-16,25H,9H2,(H,26,27). The Balaban J connectivity index is 1.90. The zero-order valence-corrected chi connectivity index (χ0v) is 13.7. The Morgan fingerprint density at radius 2 is 1.11 bits per heavy atom. The first-order valence-corrected chi connectivity index (χ1v) is 7.93. The summed E-state index contributed by atoms with van der Waals surface area (Å²) in [4.78, 5) is 11.7. The molecule has 2 aromatic rings. The zero-order valence-electron chi connectivity index (χ0n) is 13.7. The normalized spacial score (nSPS) is 21.0. The van der Waals surface area contributed by atoms with Crippen LogP contribution in [0.3, 0.4) is 0 Å². The second-order valence-electron chi connectivity index (χ2n) is 6.14. The number of benzene rings is 2. The summed E-state index contributed by atoms with van der Waals surface area (Å²) in [5.41, 5.74) is -0.744. The second-order valence-corrected chi connectivity index (χ2v) is 6.14. The molecule has 2 aromatic carbocycles. The minimum atomic E-state index is -4.49. The van der Waals surface area contributed by atoms with E-state index in [1.165, 1.54) is 24.3 Å². The van der Waals surface area contributed by atoms with Crippen molar-refractivity contribution in [3.05, 3.63) is 70.8 Å². The predicted molar refractivity (Wildman–Crippen MR) is 84.5 cm³/mol. The molecule has 9 heteroatoms. The highest BCUT2D eigenvalue weighted by Gasteiger charge is 2.34. The predicted octanol–water partition coefficient (Wildman–Crippen LogP) is 4.23. The van der Waals surface area contributed by atoms with Gasteiger partial charge >= 0.3 is 12.4 Å². The Hall–Kier alpha value is -2.55. The largest absolute Gasteiger partial charge is 0.416 e. The third-order valence-electron chi connectivity index (χ3n) is 4.33. The topological polar surface area (TPSA) is 41.1 Å².